The van der Waals surface area contributed by atoms with E-state index in [4.69, 9.17) is 10.5 Å². The Morgan fingerprint density at radius 3 is 2.41 bits per heavy atom. The van der Waals surface area contributed by atoms with Crippen molar-refractivity contribution in [1.29, 1.82) is 0 Å². The van der Waals surface area contributed by atoms with E-state index in [1.165, 1.54) is 23.7 Å². The third-order valence-electron chi connectivity index (χ3n) is 6.17. The number of hydrogen-bond donors (Lipinski definition) is 1. The highest BCUT2D eigenvalue weighted by Crippen LogP contribution is 2.28. The fourth-order valence-corrected chi connectivity index (χ4v) is 4.49. The summed E-state index contributed by atoms with van der Waals surface area (Å²) in [4.78, 5) is 34.5. The van der Waals surface area contributed by atoms with E-state index < -0.39 is 11.9 Å². The topological polar surface area (TPSA) is 98.4 Å². The summed E-state index contributed by atoms with van der Waals surface area (Å²) in [6, 6.07) is 19.3. The molecule has 7 heteroatoms. The first kappa shape index (κ1) is 23.4. The highest BCUT2D eigenvalue weighted by atomic mass is 16.5. The average Bonchev–Trinajstić information content (AvgIpc) is 2.81. The second kappa shape index (κ2) is 10.5. The number of piperidine rings is 1. The van der Waals surface area contributed by atoms with Crippen molar-refractivity contribution >= 4 is 17.6 Å². The Balaban J connectivity index is 1.39. The van der Waals surface area contributed by atoms with E-state index in [9.17, 15) is 9.59 Å². The van der Waals surface area contributed by atoms with Gasteiger partial charge in [0.2, 0.25) is 0 Å². The molecule has 0 atom stereocenters. The van der Waals surface area contributed by atoms with Gasteiger partial charge in [0.15, 0.2) is 11.4 Å². The lowest BCUT2D eigenvalue weighted by Gasteiger charge is -2.33. The standard InChI is InChI=1S/C27H30N4O3/c1-18-26(34-19(2)32)25(27(28)33)30-24(29-18)17-21-11-13-31(14-12-21)23-10-6-9-22(16-23)15-20-7-4-3-5-8-20/h3-10,16,21H,11-15,17H2,1-2H3,(H2,28,33). The first-order valence-electron chi connectivity index (χ1n) is 11.6. The molecule has 0 aliphatic carbocycles. The predicted octanol–water partition coefficient (Wildman–Crippen LogP) is 3.86. The van der Waals surface area contributed by atoms with Gasteiger partial charge >= 0.3 is 5.97 Å². The molecule has 0 spiro atoms. The van der Waals surface area contributed by atoms with E-state index in [0.29, 0.717) is 23.9 Å². The van der Waals surface area contributed by atoms with Crippen LogP contribution in [0, 0.1) is 12.8 Å². The Bertz CT molecular complexity index is 1170. The van der Waals surface area contributed by atoms with Crippen LogP contribution in [0.1, 0.15) is 52.9 Å². The van der Waals surface area contributed by atoms with Gasteiger partial charge in [-0.25, -0.2) is 9.97 Å². The van der Waals surface area contributed by atoms with Gasteiger partial charge in [-0.2, -0.15) is 0 Å². The number of nitrogens with two attached hydrogens (primary N) is 1. The monoisotopic (exact) mass is 458 g/mol. The van der Waals surface area contributed by atoms with Gasteiger partial charge < -0.3 is 15.4 Å². The van der Waals surface area contributed by atoms with E-state index in [2.05, 4.69) is 63.4 Å². The van der Waals surface area contributed by atoms with Crippen molar-refractivity contribution in [3.63, 3.8) is 0 Å². The van der Waals surface area contributed by atoms with Crippen LogP contribution in [0.5, 0.6) is 5.75 Å². The van der Waals surface area contributed by atoms with Gasteiger partial charge in [0.05, 0.1) is 5.69 Å². The molecular weight excluding hydrogens is 428 g/mol. The molecule has 2 aromatic carbocycles. The maximum absolute atomic E-state index is 11.9. The van der Waals surface area contributed by atoms with Crippen LogP contribution < -0.4 is 15.4 Å². The summed E-state index contributed by atoms with van der Waals surface area (Å²) in [5.41, 5.74) is 9.75. The Morgan fingerprint density at radius 2 is 1.74 bits per heavy atom. The number of hydrogen-bond acceptors (Lipinski definition) is 6. The lowest BCUT2D eigenvalue weighted by Crippen LogP contribution is -2.34. The van der Waals surface area contributed by atoms with E-state index >= 15 is 0 Å². The Hall–Kier alpha value is -3.74. The number of benzene rings is 2. The van der Waals surface area contributed by atoms with Crippen LogP contribution in [-0.4, -0.2) is 34.9 Å². The van der Waals surface area contributed by atoms with E-state index in [1.807, 2.05) is 6.07 Å². The Labute approximate surface area is 200 Å². The normalized spacial score (nSPS) is 14.1. The second-order valence-electron chi connectivity index (χ2n) is 8.83. The highest BCUT2D eigenvalue weighted by molar-refractivity contribution is 5.94. The third kappa shape index (κ3) is 5.78. The van der Waals surface area contributed by atoms with Crippen LogP contribution in [-0.2, 0) is 17.6 Å². The summed E-state index contributed by atoms with van der Waals surface area (Å²) in [6.45, 7) is 4.86. The number of carbonyl (C=O) groups is 2. The second-order valence-corrected chi connectivity index (χ2v) is 8.83. The quantitative estimate of drug-likeness (QED) is 0.540. The number of aryl methyl sites for hydroxylation is 1. The molecular formula is C27H30N4O3. The van der Waals surface area contributed by atoms with Gasteiger partial charge in [0.1, 0.15) is 5.82 Å². The summed E-state index contributed by atoms with van der Waals surface area (Å²) < 4.78 is 5.12. The molecule has 7 nitrogen and oxygen atoms in total. The average molecular weight is 459 g/mol. The minimum Gasteiger partial charge on any atom is -0.422 e. The number of nitrogens with zero attached hydrogens (tertiary/aromatic N) is 3. The number of esters is 1. The lowest BCUT2D eigenvalue weighted by molar-refractivity contribution is -0.132. The third-order valence-corrected chi connectivity index (χ3v) is 6.17. The molecule has 2 N–H and O–H groups in total. The largest absolute Gasteiger partial charge is 0.422 e. The van der Waals surface area contributed by atoms with Crippen molar-refractivity contribution in [2.45, 2.75) is 39.5 Å². The summed E-state index contributed by atoms with van der Waals surface area (Å²) in [6.07, 6.45) is 3.59. The zero-order chi connectivity index (χ0) is 24.1. The maximum atomic E-state index is 11.9. The van der Waals surface area contributed by atoms with E-state index in [1.54, 1.807) is 6.92 Å². The molecule has 1 aliphatic rings. The molecule has 4 rings (SSSR count). The molecule has 0 bridgehead atoms. The van der Waals surface area contributed by atoms with Gasteiger partial charge in [0.25, 0.3) is 5.91 Å². The Morgan fingerprint density at radius 1 is 1.03 bits per heavy atom. The predicted molar refractivity (Wildman–Crippen MR) is 131 cm³/mol. The van der Waals surface area contributed by atoms with E-state index in [0.717, 1.165) is 32.4 Å². The van der Waals surface area contributed by atoms with Gasteiger partial charge in [-0.05, 0) is 55.4 Å². The number of primary amides is 1. The van der Waals surface area contributed by atoms with Crippen molar-refractivity contribution < 1.29 is 14.3 Å². The van der Waals surface area contributed by atoms with Crippen molar-refractivity contribution in [2.75, 3.05) is 18.0 Å². The van der Waals surface area contributed by atoms with Crippen LogP contribution >= 0.6 is 0 Å². The number of aromatic nitrogens is 2. The van der Waals surface area contributed by atoms with Crippen molar-refractivity contribution in [1.82, 2.24) is 9.97 Å². The number of anilines is 1. The molecule has 1 fully saturated rings. The highest BCUT2D eigenvalue weighted by Gasteiger charge is 2.24. The van der Waals surface area contributed by atoms with Gasteiger partial charge in [-0.1, -0.05) is 42.5 Å². The van der Waals surface area contributed by atoms with Crippen molar-refractivity contribution in [3.05, 3.63) is 82.9 Å². The molecule has 176 valence electrons. The van der Waals surface area contributed by atoms with Crippen LogP contribution in [0.25, 0.3) is 0 Å². The van der Waals surface area contributed by atoms with E-state index in [-0.39, 0.29) is 11.4 Å². The molecule has 1 amide bonds. The molecule has 0 saturated carbocycles. The maximum Gasteiger partial charge on any atom is 0.308 e. The molecule has 3 aromatic rings. The van der Waals surface area contributed by atoms with Gasteiger partial charge in [-0.3, -0.25) is 9.59 Å². The minimum absolute atomic E-state index is 0.0367. The lowest BCUT2D eigenvalue weighted by atomic mass is 9.92. The minimum atomic E-state index is -0.729. The molecule has 34 heavy (non-hydrogen) atoms. The van der Waals surface area contributed by atoms with Gasteiger partial charge in [-0.15, -0.1) is 0 Å². The number of rotatable bonds is 7. The van der Waals surface area contributed by atoms with Crippen LogP contribution in [0.2, 0.25) is 0 Å². The van der Waals surface area contributed by atoms with Crippen LogP contribution in [0.15, 0.2) is 54.6 Å². The molecule has 0 radical (unpaired) electrons. The smallest absolute Gasteiger partial charge is 0.308 e. The number of ether oxygens (including phenoxy) is 1. The summed E-state index contributed by atoms with van der Waals surface area (Å²) >= 11 is 0. The molecule has 2 heterocycles. The van der Waals surface area contributed by atoms with Crippen LogP contribution in [0.4, 0.5) is 5.69 Å². The molecule has 1 saturated heterocycles. The van der Waals surface area contributed by atoms with Crippen molar-refractivity contribution in [2.24, 2.45) is 11.7 Å². The first-order valence-corrected chi connectivity index (χ1v) is 11.6. The molecule has 1 aliphatic heterocycles. The fourth-order valence-electron chi connectivity index (χ4n) is 4.49. The summed E-state index contributed by atoms with van der Waals surface area (Å²) in [5, 5.41) is 0. The van der Waals surface area contributed by atoms with Gasteiger partial charge in [0, 0.05) is 32.1 Å². The summed E-state index contributed by atoms with van der Waals surface area (Å²) in [7, 11) is 0. The van der Waals surface area contributed by atoms with Crippen LogP contribution in [0.3, 0.4) is 0 Å². The molecule has 1 aromatic heterocycles. The fraction of sp³-hybridized carbons (Fsp3) is 0.333. The number of amides is 1. The number of carbonyl (C=O) groups excluding carboxylic acids is 2. The zero-order valence-electron chi connectivity index (χ0n) is 19.7. The van der Waals surface area contributed by atoms with Crippen molar-refractivity contribution in [3.8, 4) is 5.75 Å². The zero-order valence-corrected chi connectivity index (χ0v) is 19.7. The molecule has 0 unspecified atom stereocenters. The SMILES string of the molecule is CC(=O)Oc1c(C)nc(CC2CCN(c3cccc(Cc4ccccc4)c3)CC2)nc1C(N)=O. The summed E-state index contributed by atoms with van der Waals surface area (Å²) in [5.74, 6) is -0.252. The first-order chi connectivity index (χ1) is 16.4. The Kier molecular flexibility index (Phi) is 7.21.